The van der Waals surface area contributed by atoms with E-state index in [9.17, 15) is 24.5 Å². The van der Waals surface area contributed by atoms with Gasteiger partial charge in [-0.2, -0.15) is 0 Å². The number of rotatable bonds is 7. The zero-order chi connectivity index (χ0) is 22.0. The summed E-state index contributed by atoms with van der Waals surface area (Å²) in [5, 5.41) is 14.2. The van der Waals surface area contributed by atoms with E-state index in [2.05, 4.69) is 5.32 Å². The van der Waals surface area contributed by atoms with Gasteiger partial charge in [-0.1, -0.05) is 50.2 Å². The first-order valence-corrected chi connectivity index (χ1v) is 9.73. The molecule has 0 radical (unpaired) electrons. The van der Waals surface area contributed by atoms with Gasteiger partial charge in [0.15, 0.2) is 0 Å². The molecule has 3 amide bonds. The second kappa shape index (κ2) is 8.44. The lowest BCUT2D eigenvalue weighted by Gasteiger charge is -2.26. The van der Waals surface area contributed by atoms with Gasteiger partial charge >= 0.3 is 0 Å². The monoisotopic (exact) mass is 409 g/mol. The molecule has 0 aliphatic carbocycles. The Kier molecular flexibility index (Phi) is 5.96. The van der Waals surface area contributed by atoms with E-state index in [0.717, 1.165) is 10.5 Å². The van der Waals surface area contributed by atoms with Crippen LogP contribution in [0.5, 0.6) is 0 Å². The average molecular weight is 409 g/mol. The highest BCUT2D eigenvalue weighted by Crippen LogP contribution is 2.32. The topological polar surface area (TPSA) is 110 Å². The number of fused-ring (bicyclic) bond motifs is 1. The standard InChI is InChI=1S/C22H23N3O5/c1-13(2)12-17(15-8-5-4-6-9-15)23-20(26)14(3)24-21(27)16-10-7-11-18(25(29)30)19(16)22(24)28/h4-11,13-14,17H,12H2,1-3H3,(H,23,26). The second-order valence-electron chi connectivity index (χ2n) is 7.71. The summed E-state index contributed by atoms with van der Waals surface area (Å²) in [6.45, 7) is 5.52. The number of hydrogen-bond acceptors (Lipinski definition) is 5. The summed E-state index contributed by atoms with van der Waals surface area (Å²) >= 11 is 0. The van der Waals surface area contributed by atoms with Gasteiger partial charge in [0.05, 0.1) is 16.5 Å². The normalized spacial score (nSPS) is 15.1. The Morgan fingerprint density at radius 2 is 1.70 bits per heavy atom. The first-order valence-electron chi connectivity index (χ1n) is 9.73. The van der Waals surface area contributed by atoms with Gasteiger partial charge in [0.25, 0.3) is 17.5 Å². The van der Waals surface area contributed by atoms with Crippen LogP contribution in [0.3, 0.4) is 0 Å². The van der Waals surface area contributed by atoms with Crippen LogP contribution in [0.25, 0.3) is 0 Å². The molecule has 30 heavy (non-hydrogen) atoms. The minimum absolute atomic E-state index is 0.0596. The number of benzene rings is 2. The predicted octanol–water partition coefficient (Wildman–Crippen LogP) is 3.48. The number of nitro groups is 1. The van der Waals surface area contributed by atoms with Gasteiger partial charge in [-0.05, 0) is 30.9 Å². The molecular weight excluding hydrogens is 386 g/mol. The van der Waals surface area contributed by atoms with Crippen LogP contribution in [0, 0.1) is 16.0 Å². The number of nitrogens with one attached hydrogen (secondary N) is 1. The summed E-state index contributed by atoms with van der Waals surface area (Å²) in [5.41, 5.74) is 0.150. The van der Waals surface area contributed by atoms with Crippen molar-refractivity contribution in [1.82, 2.24) is 10.2 Å². The van der Waals surface area contributed by atoms with Gasteiger partial charge < -0.3 is 5.32 Å². The summed E-state index contributed by atoms with van der Waals surface area (Å²) in [5.74, 6) is -1.74. The fraction of sp³-hybridized carbons (Fsp3) is 0.318. The van der Waals surface area contributed by atoms with Crippen molar-refractivity contribution < 1.29 is 19.3 Å². The van der Waals surface area contributed by atoms with Crippen molar-refractivity contribution in [3.05, 3.63) is 75.3 Å². The van der Waals surface area contributed by atoms with Crippen LogP contribution in [-0.2, 0) is 4.79 Å². The van der Waals surface area contributed by atoms with Crippen LogP contribution in [0.1, 0.15) is 59.5 Å². The van der Waals surface area contributed by atoms with Crippen molar-refractivity contribution in [3.8, 4) is 0 Å². The van der Waals surface area contributed by atoms with E-state index in [4.69, 9.17) is 0 Å². The lowest BCUT2D eigenvalue weighted by Crippen LogP contribution is -2.48. The van der Waals surface area contributed by atoms with E-state index in [0.29, 0.717) is 12.3 Å². The number of carbonyl (C=O) groups is 3. The van der Waals surface area contributed by atoms with E-state index in [1.165, 1.54) is 25.1 Å². The molecule has 0 saturated heterocycles. The number of imide groups is 1. The highest BCUT2D eigenvalue weighted by atomic mass is 16.6. The second-order valence-corrected chi connectivity index (χ2v) is 7.71. The lowest BCUT2D eigenvalue weighted by atomic mass is 9.96. The minimum atomic E-state index is -1.12. The number of amides is 3. The third-order valence-electron chi connectivity index (χ3n) is 5.11. The van der Waals surface area contributed by atoms with Crippen LogP contribution < -0.4 is 5.32 Å². The molecule has 0 fully saturated rings. The molecular formula is C22H23N3O5. The van der Waals surface area contributed by atoms with Gasteiger partial charge in [0.1, 0.15) is 11.6 Å². The van der Waals surface area contributed by atoms with Crippen molar-refractivity contribution in [1.29, 1.82) is 0 Å². The summed E-state index contributed by atoms with van der Waals surface area (Å²) < 4.78 is 0. The van der Waals surface area contributed by atoms with E-state index in [1.54, 1.807) is 0 Å². The molecule has 2 aromatic carbocycles. The maximum Gasteiger partial charge on any atom is 0.282 e. The quantitative estimate of drug-likeness (QED) is 0.428. The number of nitro benzene ring substituents is 1. The first kappa shape index (κ1) is 21.2. The minimum Gasteiger partial charge on any atom is -0.347 e. The Labute approximate surface area is 174 Å². The van der Waals surface area contributed by atoms with E-state index in [-0.39, 0.29) is 17.2 Å². The van der Waals surface area contributed by atoms with Crippen LogP contribution in [0.2, 0.25) is 0 Å². The van der Waals surface area contributed by atoms with Crippen molar-refractivity contribution in [3.63, 3.8) is 0 Å². The molecule has 156 valence electrons. The van der Waals surface area contributed by atoms with Gasteiger partial charge in [-0.3, -0.25) is 29.4 Å². The first-order chi connectivity index (χ1) is 14.2. The maximum atomic E-state index is 13.0. The van der Waals surface area contributed by atoms with Gasteiger partial charge in [0, 0.05) is 6.07 Å². The average Bonchev–Trinajstić information content (AvgIpc) is 2.97. The molecule has 1 aliphatic rings. The third-order valence-corrected chi connectivity index (χ3v) is 5.11. The maximum absolute atomic E-state index is 13.0. The summed E-state index contributed by atoms with van der Waals surface area (Å²) in [6.07, 6.45) is 0.677. The highest BCUT2D eigenvalue weighted by Gasteiger charge is 2.45. The van der Waals surface area contributed by atoms with Gasteiger partial charge in [-0.15, -0.1) is 0 Å². The van der Waals surface area contributed by atoms with Crippen molar-refractivity contribution in [2.75, 3.05) is 0 Å². The smallest absolute Gasteiger partial charge is 0.282 e. The SMILES string of the molecule is CC(C)CC(NC(=O)C(C)N1C(=O)c2cccc([N+](=O)[O-])c2C1=O)c1ccccc1. The van der Waals surface area contributed by atoms with E-state index >= 15 is 0 Å². The van der Waals surface area contributed by atoms with E-state index in [1.807, 2.05) is 44.2 Å². The molecule has 8 nitrogen and oxygen atoms in total. The summed E-state index contributed by atoms with van der Waals surface area (Å²) in [7, 11) is 0. The van der Waals surface area contributed by atoms with Crippen LogP contribution in [0.4, 0.5) is 5.69 Å². The molecule has 2 aromatic rings. The Hall–Kier alpha value is -3.55. The highest BCUT2D eigenvalue weighted by molar-refractivity contribution is 6.24. The van der Waals surface area contributed by atoms with Gasteiger partial charge in [0.2, 0.25) is 5.91 Å². The zero-order valence-electron chi connectivity index (χ0n) is 17.0. The van der Waals surface area contributed by atoms with Crippen LogP contribution in [-0.4, -0.2) is 33.6 Å². The van der Waals surface area contributed by atoms with Crippen molar-refractivity contribution >= 4 is 23.4 Å². The molecule has 8 heteroatoms. The molecule has 0 bridgehead atoms. The van der Waals surface area contributed by atoms with Crippen LogP contribution >= 0.6 is 0 Å². The number of nitrogens with zero attached hydrogens (tertiary/aromatic N) is 2. The van der Waals surface area contributed by atoms with Crippen molar-refractivity contribution in [2.45, 2.75) is 39.3 Å². The van der Waals surface area contributed by atoms with E-state index < -0.39 is 34.4 Å². The molecule has 1 N–H and O–H groups in total. The largest absolute Gasteiger partial charge is 0.347 e. The molecule has 0 saturated carbocycles. The Morgan fingerprint density at radius 1 is 1.03 bits per heavy atom. The number of hydrogen-bond donors (Lipinski definition) is 1. The zero-order valence-corrected chi connectivity index (χ0v) is 17.0. The fourth-order valence-electron chi connectivity index (χ4n) is 3.63. The molecule has 1 aliphatic heterocycles. The third kappa shape index (κ3) is 3.94. The molecule has 0 spiro atoms. The Bertz CT molecular complexity index is 1000. The van der Waals surface area contributed by atoms with Crippen LogP contribution in [0.15, 0.2) is 48.5 Å². The fourth-order valence-corrected chi connectivity index (χ4v) is 3.63. The van der Waals surface area contributed by atoms with Crippen molar-refractivity contribution in [2.24, 2.45) is 5.92 Å². The molecule has 1 heterocycles. The van der Waals surface area contributed by atoms with Gasteiger partial charge in [-0.25, -0.2) is 0 Å². The molecule has 0 aromatic heterocycles. The summed E-state index contributed by atoms with van der Waals surface area (Å²) in [6, 6.07) is 11.9. The Balaban J connectivity index is 1.85. The molecule has 2 atom stereocenters. The lowest BCUT2D eigenvalue weighted by molar-refractivity contribution is -0.385. The summed E-state index contributed by atoms with van der Waals surface area (Å²) in [4.78, 5) is 49.9. The molecule has 2 unspecified atom stereocenters. The number of carbonyl (C=O) groups excluding carboxylic acids is 3. The predicted molar refractivity (Wildman–Crippen MR) is 110 cm³/mol. The Morgan fingerprint density at radius 3 is 2.30 bits per heavy atom. The molecule has 3 rings (SSSR count).